The molecule has 0 spiro atoms. The Bertz CT molecular complexity index is 875. The van der Waals surface area contributed by atoms with E-state index in [-0.39, 0.29) is 16.9 Å². The average Bonchev–Trinajstić information content (AvgIpc) is 2.60. The second-order valence-corrected chi connectivity index (χ2v) is 6.05. The zero-order valence-electron chi connectivity index (χ0n) is 14.3. The maximum atomic E-state index is 13.7. The molecule has 0 fully saturated rings. The van der Waals surface area contributed by atoms with Crippen LogP contribution in [0.1, 0.15) is 29.8 Å². The van der Waals surface area contributed by atoms with Crippen LogP contribution in [0.2, 0.25) is 0 Å². The lowest BCUT2D eigenvalue weighted by atomic mass is 10.1. The van der Waals surface area contributed by atoms with Gasteiger partial charge in [0.2, 0.25) is 0 Å². The van der Waals surface area contributed by atoms with E-state index in [0.29, 0.717) is 11.4 Å². The molecule has 0 saturated heterocycles. The first kappa shape index (κ1) is 18.9. The highest BCUT2D eigenvalue weighted by atomic mass is 19.1. The standard InChI is InChI=1S/C19H18FN3O3/c1-11(2)17(20)19(26)23-15-5-3-4-14(9-15)22-18(25)13-6-12(10-21)7-16(24)8-13/h3-9,11,17,24H,1-2H3,(H,22,25)(H,23,26). The minimum absolute atomic E-state index is 0.111. The molecule has 26 heavy (non-hydrogen) atoms. The SMILES string of the molecule is CC(C)C(F)C(=O)Nc1cccc(NC(=O)c2cc(O)cc(C#N)c2)c1. The van der Waals surface area contributed by atoms with Crippen LogP contribution in [-0.4, -0.2) is 23.1 Å². The molecule has 1 unspecified atom stereocenters. The van der Waals surface area contributed by atoms with Crippen molar-refractivity contribution in [2.45, 2.75) is 20.0 Å². The van der Waals surface area contributed by atoms with Crippen LogP contribution < -0.4 is 10.6 Å². The number of rotatable bonds is 5. The van der Waals surface area contributed by atoms with Crippen LogP contribution in [0.25, 0.3) is 0 Å². The number of hydrogen-bond acceptors (Lipinski definition) is 4. The summed E-state index contributed by atoms with van der Waals surface area (Å²) in [4.78, 5) is 24.1. The predicted molar refractivity (Wildman–Crippen MR) is 95.6 cm³/mol. The lowest BCUT2D eigenvalue weighted by Crippen LogP contribution is -2.28. The molecular formula is C19H18FN3O3. The van der Waals surface area contributed by atoms with Gasteiger partial charge in [0.25, 0.3) is 11.8 Å². The molecule has 0 bridgehead atoms. The van der Waals surface area contributed by atoms with Gasteiger partial charge in [0.15, 0.2) is 6.17 Å². The number of alkyl halides is 1. The molecular weight excluding hydrogens is 337 g/mol. The van der Waals surface area contributed by atoms with Crippen molar-refractivity contribution < 1.29 is 19.1 Å². The van der Waals surface area contributed by atoms with Gasteiger partial charge in [0.05, 0.1) is 11.6 Å². The maximum absolute atomic E-state index is 13.7. The number of carbonyl (C=O) groups is 2. The molecule has 2 rings (SSSR count). The Morgan fingerprint density at radius 3 is 2.38 bits per heavy atom. The molecule has 0 aromatic heterocycles. The first-order chi connectivity index (χ1) is 12.3. The van der Waals surface area contributed by atoms with Crippen molar-refractivity contribution in [3.05, 3.63) is 53.6 Å². The van der Waals surface area contributed by atoms with Gasteiger partial charge in [0, 0.05) is 16.9 Å². The number of halogens is 1. The highest BCUT2D eigenvalue weighted by Crippen LogP contribution is 2.20. The third-order valence-corrected chi connectivity index (χ3v) is 3.53. The van der Waals surface area contributed by atoms with E-state index in [0.717, 1.165) is 0 Å². The number of carbonyl (C=O) groups excluding carboxylic acids is 2. The lowest BCUT2D eigenvalue weighted by Gasteiger charge is -2.13. The molecule has 134 valence electrons. The number of nitrogens with zero attached hydrogens (tertiary/aromatic N) is 1. The molecule has 1 atom stereocenters. The number of anilines is 2. The number of aromatic hydroxyl groups is 1. The van der Waals surface area contributed by atoms with E-state index in [1.54, 1.807) is 32.0 Å². The summed E-state index contributed by atoms with van der Waals surface area (Å²) in [6, 6.07) is 11.9. The van der Waals surface area contributed by atoms with E-state index < -0.39 is 23.9 Å². The monoisotopic (exact) mass is 355 g/mol. The van der Waals surface area contributed by atoms with E-state index in [2.05, 4.69) is 10.6 Å². The van der Waals surface area contributed by atoms with Crippen molar-refractivity contribution in [2.24, 2.45) is 5.92 Å². The van der Waals surface area contributed by atoms with Gasteiger partial charge in [-0.15, -0.1) is 0 Å². The molecule has 0 aliphatic rings. The number of nitrogens with one attached hydrogen (secondary N) is 2. The molecule has 2 aromatic carbocycles. The number of amides is 2. The van der Waals surface area contributed by atoms with Crippen LogP contribution >= 0.6 is 0 Å². The van der Waals surface area contributed by atoms with E-state index >= 15 is 0 Å². The Labute approximate surface area is 150 Å². The van der Waals surface area contributed by atoms with Gasteiger partial charge in [-0.25, -0.2) is 4.39 Å². The maximum Gasteiger partial charge on any atom is 0.259 e. The summed E-state index contributed by atoms with van der Waals surface area (Å²) in [5, 5.41) is 23.5. The number of nitriles is 1. The summed E-state index contributed by atoms with van der Waals surface area (Å²) in [7, 11) is 0. The first-order valence-corrected chi connectivity index (χ1v) is 7.90. The number of phenols is 1. The average molecular weight is 355 g/mol. The van der Waals surface area contributed by atoms with Crippen molar-refractivity contribution in [2.75, 3.05) is 10.6 Å². The smallest absolute Gasteiger partial charge is 0.259 e. The highest BCUT2D eigenvalue weighted by Gasteiger charge is 2.21. The minimum Gasteiger partial charge on any atom is -0.508 e. The molecule has 2 amide bonds. The van der Waals surface area contributed by atoms with Crippen LogP contribution in [0.3, 0.4) is 0 Å². The normalized spacial score (nSPS) is 11.5. The van der Waals surface area contributed by atoms with Crippen LogP contribution in [0.15, 0.2) is 42.5 Å². The topological polar surface area (TPSA) is 102 Å². The zero-order valence-corrected chi connectivity index (χ0v) is 14.3. The van der Waals surface area contributed by atoms with Crippen molar-refractivity contribution >= 4 is 23.2 Å². The Balaban J connectivity index is 2.13. The summed E-state index contributed by atoms with van der Waals surface area (Å²) >= 11 is 0. The fraction of sp³-hybridized carbons (Fsp3) is 0.211. The molecule has 3 N–H and O–H groups in total. The van der Waals surface area contributed by atoms with Gasteiger partial charge >= 0.3 is 0 Å². The molecule has 7 heteroatoms. The van der Waals surface area contributed by atoms with Crippen molar-refractivity contribution in [1.82, 2.24) is 0 Å². The fourth-order valence-electron chi connectivity index (χ4n) is 2.20. The number of benzene rings is 2. The quantitative estimate of drug-likeness (QED) is 0.764. The Kier molecular flexibility index (Phi) is 5.91. The van der Waals surface area contributed by atoms with Gasteiger partial charge in [-0.05, 0) is 42.3 Å². The molecule has 0 saturated carbocycles. The fourth-order valence-corrected chi connectivity index (χ4v) is 2.20. The van der Waals surface area contributed by atoms with Gasteiger partial charge in [-0.3, -0.25) is 9.59 Å². The predicted octanol–water partition coefficient (Wildman–Crippen LogP) is 3.45. The summed E-state index contributed by atoms with van der Waals surface area (Å²) in [5.74, 6) is -1.93. The van der Waals surface area contributed by atoms with Gasteiger partial charge < -0.3 is 15.7 Å². The van der Waals surface area contributed by atoms with Crippen LogP contribution in [0.4, 0.5) is 15.8 Å². The summed E-state index contributed by atoms with van der Waals surface area (Å²) < 4.78 is 13.7. The van der Waals surface area contributed by atoms with Gasteiger partial charge in [-0.2, -0.15) is 5.26 Å². The van der Waals surface area contributed by atoms with Crippen molar-refractivity contribution in [3.63, 3.8) is 0 Å². The highest BCUT2D eigenvalue weighted by molar-refractivity contribution is 6.05. The third-order valence-electron chi connectivity index (χ3n) is 3.53. The zero-order chi connectivity index (χ0) is 19.3. The second-order valence-electron chi connectivity index (χ2n) is 6.05. The van der Waals surface area contributed by atoms with Crippen molar-refractivity contribution in [3.8, 4) is 11.8 Å². The van der Waals surface area contributed by atoms with E-state index in [4.69, 9.17) is 5.26 Å². The number of hydrogen-bond donors (Lipinski definition) is 3. The minimum atomic E-state index is -1.63. The Morgan fingerprint density at radius 1 is 1.12 bits per heavy atom. The van der Waals surface area contributed by atoms with E-state index in [1.165, 1.54) is 24.3 Å². The van der Waals surface area contributed by atoms with Crippen molar-refractivity contribution in [1.29, 1.82) is 5.26 Å². The van der Waals surface area contributed by atoms with E-state index in [9.17, 15) is 19.1 Å². The van der Waals surface area contributed by atoms with Gasteiger partial charge in [0.1, 0.15) is 5.75 Å². The van der Waals surface area contributed by atoms with Crippen LogP contribution in [-0.2, 0) is 4.79 Å². The molecule has 0 aliphatic carbocycles. The largest absolute Gasteiger partial charge is 0.508 e. The number of phenolic OH excluding ortho intramolecular Hbond substituents is 1. The Hall–Kier alpha value is -3.40. The van der Waals surface area contributed by atoms with E-state index in [1.807, 2.05) is 6.07 Å². The third kappa shape index (κ3) is 4.80. The molecule has 2 aromatic rings. The summed E-state index contributed by atoms with van der Waals surface area (Å²) in [5.41, 5.74) is 0.970. The molecule has 0 aliphatic heterocycles. The molecule has 0 radical (unpaired) electrons. The van der Waals surface area contributed by atoms with Gasteiger partial charge in [-0.1, -0.05) is 19.9 Å². The van der Waals surface area contributed by atoms with Crippen LogP contribution in [0, 0.1) is 17.2 Å². The molecule has 0 heterocycles. The first-order valence-electron chi connectivity index (χ1n) is 7.90. The molecule has 6 nitrogen and oxygen atoms in total. The lowest BCUT2D eigenvalue weighted by molar-refractivity contribution is -0.122. The summed E-state index contributed by atoms with van der Waals surface area (Å²) in [6.45, 7) is 3.21. The second kappa shape index (κ2) is 8.12. The van der Waals surface area contributed by atoms with Crippen LogP contribution in [0.5, 0.6) is 5.75 Å². The summed E-state index contributed by atoms with van der Waals surface area (Å²) in [6.07, 6.45) is -1.63. The Morgan fingerprint density at radius 2 is 1.77 bits per heavy atom.